The van der Waals surface area contributed by atoms with E-state index in [0.717, 1.165) is 28.0 Å². The summed E-state index contributed by atoms with van der Waals surface area (Å²) in [6, 6.07) is 10.0. The van der Waals surface area contributed by atoms with Crippen molar-refractivity contribution in [1.82, 2.24) is 14.8 Å². The second-order valence-corrected chi connectivity index (χ2v) is 8.19. The molecule has 2 aromatic heterocycles. The van der Waals surface area contributed by atoms with Gasteiger partial charge in [0, 0.05) is 24.5 Å². The van der Waals surface area contributed by atoms with Crippen molar-refractivity contribution in [2.75, 3.05) is 5.32 Å². The number of hydrogen-bond acceptors (Lipinski definition) is 4. The molecular formula is C23H26N4O4. The smallest absolute Gasteiger partial charge is 0.325 e. The molecule has 0 bridgehead atoms. The SMILES string of the molecule is CC(C)Cn1ccc2c(NC(=O)CC[C@@H]3NC(=O)N(Cc4ccco4)C3=O)cccc21. The summed E-state index contributed by atoms with van der Waals surface area (Å²) in [5, 5.41) is 6.57. The normalized spacial score (nSPS) is 16.4. The minimum absolute atomic E-state index is 0.0791. The lowest BCUT2D eigenvalue weighted by atomic mass is 10.1. The zero-order chi connectivity index (χ0) is 22.0. The van der Waals surface area contributed by atoms with Crippen LogP contribution in [0.4, 0.5) is 10.5 Å². The monoisotopic (exact) mass is 422 g/mol. The topological polar surface area (TPSA) is 96.6 Å². The van der Waals surface area contributed by atoms with Gasteiger partial charge in [0.1, 0.15) is 11.8 Å². The summed E-state index contributed by atoms with van der Waals surface area (Å²) >= 11 is 0. The molecule has 1 aromatic carbocycles. The molecular weight excluding hydrogens is 396 g/mol. The average molecular weight is 422 g/mol. The van der Waals surface area contributed by atoms with Crippen molar-refractivity contribution in [2.24, 2.45) is 5.92 Å². The Hall–Kier alpha value is -3.55. The Morgan fingerprint density at radius 1 is 1.19 bits per heavy atom. The highest BCUT2D eigenvalue weighted by atomic mass is 16.3. The summed E-state index contributed by atoms with van der Waals surface area (Å²) < 4.78 is 7.39. The average Bonchev–Trinajstić information content (AvgIpc) is 3.44. The summed E-state index contributed by atoms with van der Waals surface area (Å²) in [7, 11) is 0. The van der Waals surface area contributed by atoms with Crippen LogP contribution in [0.15, 0.2) is 53.3 Å². The van der Waals surface area contributed by atoms with Gasteiger partial charge in [0.2, 0.25) is 5.91 Å². The van der Waals surface area contributed by atoms with Crippen LogP contribution in [0.5, 0.6) is 0 Å². The maximum absolute atomic E-state index is 12.6. The number of furan rings is 1. The van der Waals surface area contributed by atoms with Gasteiger partial charge in [-0.15, -0.1) is 0 Å². The number of carbonyl (C=O) groups excluding carboxylic acids is 3. The standard InChI is InChI=1S/C23H26N4O4/c1-15(2)13-26-11-10-17-18(6-3-7-20(17)26)24-21(28)9-8-19-22(29)27(23(30)25-19)14-16-5-4-12-31-16/h3-7,10-12,15,19H,8-9,13-14H2,1-2H3,(H,24,28)(H,25,30)/t19-/m0/s1. The molecule has 162 valence electrons. The second kappa shape index (κ2) is 8.67. The molecule has 4 rings (SSSR count). The molecule has 0 radical (unpaired) electrons. The van der Waals surface area contributed by atoms with Gasteiger partial charge in [-0.05, 0) is 42.7 Å². The van der Waals surface area contributed by atoms with Gasteiger partial charge in [0.05, 0.1) is 24.0 Å². The first-order chi connectivity index (χ1) is 14.9. The first-order valence-electron chi connectivity index (χ1n) is 10.4. The predicted molar refractivity (Wildman–Crippen MR) is 116 cm³/mol. The van der Waals surface area contributed by atoms with E-state index in [4.69, 9.17) is 4.42 Å². The fourth-order valence-electron chi connectivity index (χ4n) is 3.85. The number of imide groups is 1. The molecule has 1 fully saturated rings. The lowest BCUT2D eigenvalue weighted by Crippen LogP contribution is -2.31. The van der Waals surface area contributed by atoms with E-state index in [2.05, 4.69) is 29.0 Å². The predicted octanol–water partition coefficient (Wildman–Crippen LogP) is 3.73. The largest absolute Gasteiger partial charge is 0.467 e. The van der Waals surface area contributed by atoms with E-state index in [1.54, 1.807) is 12.1 Å². The molecule has 8 heteroatoms. The zero-order valence-corrected chi connectivity index (χ0v) is 17.6. The van der Waals surface area contributed by atoms with Crippen molar-refractivity contribution in [3.63, 3.8) is 0 Å². The summed E-state index contributed by atoms with van der Waals surface area (Å²) in [5.74, 6) is 0.498. The van der Waals surface area contributed by atoms with Crippen molar-refractivity contribution >= 4 is 34.4 Å². The first kappa shape index (κ1) is 20.7. The van der Waals surface area contributed by atoms with Gasteiger partial charge >= 0.3 is 6.03 Å². The van der Waals surface area contributed by atoms with Crippen LogP contribution in [0.2, 0.25) is 0 Å². The number of hydrogen-bond donors (Lipinski definition) is 2. The van der Waals surface area contributed by atoms with E-state index in [1.807, 2.05) is 30.5 Å². The number of amides is 4. The Bertz CT molecular complexity index is 1100. The maximum atomic E-state index is 12.6. The number of benzene rings is 1. The first-order valence-corrected chi connectivity index (χ1v) is 10.4. The number of rotatable bonds is 8. The van der Waals surface area contributed by atoms with Crippen LogP contribution in [0.25, 0.3) is 10.9 Å². The Kier molecular flexibility index (Phi) is 5.79. The fourth-order valence-corrected chi connectivity index (χ4v) is 3.85. The molecule has 1 aliphatic heterocycles. The van der Waals surface area contributed by atoms with E-state index < -0.39 is 12.1 Å². The minimum atomic E-state index is -0.712. The van der Waals surface area contributed by atoms with Gasteiger partial charge in [-0.2, -0.15) is 0 Å². The lowest BCUT2D eigenvalue weighted by molar-refractivity contribution is -0.128. The van der Waals surface area contributed by atoms with Gasteiger partial charge in [-0.1, -0.05) is 19.9 Å². The van der Waals surface area contributed by atoms with Crippen LogP contribution in [-0.2, 0) is 22.7 Å². The Labute approximate surface area is 180 Å². The Balaban J connectivity index is 1.36. The minimum Gasteiger partial charge on any atom is -0.467 e. The highest BCUT2D eigenvalue weighted by molar-refractivity contribution is 6.05. The quantitative estimate of drug-likeness (QED) is 0.541. The van der Waals surface area contributed by atoms with Crippen molar-refractivity contribution < 1.29 is 18.8 Å². The zero-order valence-electron chi connectivity index (χ0n) is 17.6. The molecule has 4 amide bonds. The number of fused-ring (bicyclic) bond motifs is 1. The summed E-state index contributed by atoms with van der Waals surface area (Å²) in [6.07, 6.45) is 3.87. The van der Waals surface area contributed by atoms with Crippen LogP contribution >= 0.6 is 0 Å². The molecule has 0 unspecified atom stereocenters. The summed E-state index contributed by atoms with van der Waals surface area (Å²) in [4.78, 5) is 38.3. The van der Waals surface area contributed by atoms with Gasteiger partial charge in [0.15, 0.2) is 0 Å². The number of aromatic nitrogens is 1. The molecule has 8 nitrogen and oxygen atoms in total. The van der Waals surface area contributed by atoms with Crippen LogP contribution < -0.4 is 10.6 Å². The van der Waals surface area contributed by atoms with Crippen LogP contribution in [0, 0.1) is 5.92 Å². The molecule has 3 aromatic rings. The van der Waals surface area contributed by atoms with Gasteiger partial charge in [-0.3, -0.25) is 14.5 Å². The third kappa shape index (κ3) is 4.47. The van der Waals surface area contributed by atoms with Crippen LogP contribution in [0.3, 0.4) is 0 Å². The lowest BCUT2D eigenvalue weighted by Gasteiger charge is -2.12. The van der Waals surface area contributed by atoms with Crippen molar-refractivity contribution in [1.29, 1.82) is 0 Å². The van der Waals surface area contributed by atoms with Crippen molar-refractivity contribution in [3.8, 4) is 0 Å². The Morgan fingerprint density at radius 3 is 2.77 bits per heavy atom. The highest BCUT2D eigenvalue weighted by Crippen LogP contribution is 2.26. The van der Waals surface area contributed by atoms with E-state index in [9.17, 15) is 14.4 Å². The van der Waals surface area contributed by atoms with E-state index in [-0.39, 0.29) is 31.2 Å². The van der Waals surface area contributed by atoms with Gasteiger partial charge < -0.3 is 19.6 Å². The summed E-state index contributed by atoms with van der Waals surface area (Å²) in [5.41, 5.74) is 1.81. The number of carbonyl (C=O) groups is 3. The van der Waals surface area contributed by atoms with E-state index in [1.165, 1.54) is 6.26 Å². The number of nitrogens with one attached hydrogen (secondary N) is 2. The van der Waals surface area contributed by atoms with Crippen molar-refractivity contribution in [2.45, 2.75) is 45.8 Å². The summed E-state index contributed by atoms with van der Waals surface area (Å²) in [6.45, 7) is 5.31. The third-order valence-electron chi connectivity index (χ3n) is 5.31. The molecule has 0 aliphatic carbocycles. The van der Waals surface area contributed by atoms with Crippen LogP contribution in [-0.4, -0.2) is 33.4 Å². The molecule has 1 saturated heterocycles. The maximum Gasteiger partial charge on any atom is 0.325 e. The molecule has 31 heavy (non-hydrogen) atoms. The highest BCUT2D eigenvalue weighted by Gasteiger charge is 2.38. The number of anilines is 1. The molecule has 0 saturated carbocycles. The third-order valence-corrected chi connectivity index (χ3v) is 5.31. The molecule has 0 spiro atoms. The molecule has 3 heterocycles. The Morgan fingerprint density at radius 2 is 2.03 bits per heavy atom. The second-order valence-electron chi connectivity index (χ2n) is 8.19. The van der Waals surface area contributed by atoms with Gasteiger partial charge in [0.25, 0.3) is 5.91 Å². The van der Waals surface area contributed by atoms with Gasteiger partial charge in [-0.25, -0.2) is 4.79 Å². The fraction of sp³-hybridized carbons (Fsp3) is 0.348. The van der Waals surface area contributed by atoms with E-state index >= 15 is 0 Å². The van der Waals surface area contributed by atoms with Crippen molar-refractivity contribution in [3.05, 3.63) is 54.6 Å². The number of urea groups is 1. The number of nitrogens with zero attached hydrogens (tertiary/aromatic N) is 2. The molecule has 2 N–H and O–H groups in total. The van der Waals surface area contributed by atoms with Crippen LogP contribution in [0.1, 0.15) is 32.4 Å². The molecule has 1 atom stereocenters. The molecule has 1 aliphatic rings. The van der Waals surface area contributed by atoms with E-state index in [0.29, 0.717) is 11.7 Å².